The monoisotopic (exact) mass is 288 g/mol. The first kappa shape index (κ1) is 14.6. The summed E-state index contributed by atoms with van der Waals surface area (Å²) in [7, 11) is 0. The second-order valence-electron chi connectivity index (χ2n) is 4.40. The molecule has 2 rings (SSSR count). The van der Waals surface area contributed by atoms with Gasteiger partial charge in [0.05, 0.1) is 11.3 Å². The number of anilines is 1. The fourth-order valence-electron chi connectivity index (χ4n) is 1.77. The molecule has 0 saturated carbocycles. The maximum atomic E-state index is 13.6. The topological polar surface area (TPSA) is 79.3 Å². The molecule has 21 heavy (non-hydrogen) atoms. The number of aryl methyl sites for hydroxylation is 1. The van der Waals surface area contributed by atoms with E-state index in [-0.39, 0.29) is 23.6 Å². The number of aromatic nitrogens is 1. The number of carbonyl (C=O) groups excluding carboxylic acids is 1. The maximum absolute atomic E-state index is 13.6. The molecule has 1 aromatic carbocycles. The first-order valence-electron chi connectivity index (χ1n) is 6.28. The van der Waals surface area contributed by atoms with E-state index in [0.717, 1.165) is 11.6 Å². The Balaban J connectivity index is 1.95. The average Bonchev–Trinajstić information content (AvgIpc) is 2.48. The van der Waals surface area contributed by atoms with Gasteiger partial charge in [0.25, 0.3) is 0 Å². The molecule has 1 amide bonds. The lowest BCUT2D eigenvalue weighted by Crippen LogP contribution is -2.13. The van der Waals surface area contributed by atoms with E-state index in [4.69, 9.17) is 5.11 Å². The van der Waals surface area contributed by atoms with Crippen LogP contribution in [-0.4, -0.2) is 22.0 Å². The molecule has 0 atom stereocenters. The Morgan fingerprint density at radius 1 is 1.19 bits per heavy atom. The molecule has 0 aliphatic rings. The Hall–Kier alpha value is -2.76. The number of hydrogen-bond donors (Lipinski definition) is 2. The number of carbonyl (C=O) groups is 2. The van der Waals surface area contributed by atoms with Gasteiger partial charge in [-0.2, -0.15) is 0 Å². The Morgan fingerprint density at radius 3 is 2.52 bits per heavy atom. The van der Waals surface area contributed by atoms with Gasteiger partial charge < -0.3 is 10.4 Å². The summed E-state index contributed by atoms with van der Waals surface area (Å²) in [5.74, 6) is -2.33. The predicted octanol–water partition coefficient (Wildman–Crippen LogP) is 2.49. The first-order chi connectivity index (χ1) is 10.1. The summed E-state index contributed by atoms with van der Waals surface area (Å²) < 4.78 is 13.6. The molecule has 1 aromatic heterocycles. The van der Waals surface area contributed by atoms with Crippen LogP contribution < -0.4 is 5.32 Å². The van der Waals surface area contributed by atoms with Gasteiger partial charge in [-0.25, -0.2) is 9.18 Å². The Morgan fingerprint density at radius 2 is 1.90 bits per heavy atom. The molecule has 2 aromatic rings. The molecule has 0 radical (unpaired) electrons. The van der Waals surface area contributed by atoms with Crippen LogP contribution in [0, 0.1) is 5.82 Å². The third-order valence-electron chi connectivity index (χ3n) is 2.88. The average molecular weight is 288 g/mol. The Kier molecular flexibility index (Phi) is 4.61. The summed E-state index contributed by atoms with van der Waals surface area (Å²) in [6.45, 7) is 0. The Bertz CT molecular complexity index is 659. The van der Waals surface area contributed by atoms with Gasteiger partial charge in [-0.05, 0) is 42.3 Å². The second-order valence-corrected chi connectivity index (χ2v) is 4.40. The van der Waals surface area contributed by atoms with Crippen molar-refractivity contribution in [3.63, 3.8) is 0 Å². The highest BCUT2D eigenvalue weighted by Crippen LogP contribution is 2.16. The minimum Gasteiger partial charge on any atom is -0.478 e. The largest absolute Gasteiger partial charge is 0.478 e. The number of halogens is 1. The molecule has 6 heteroatoms. The summed E-state index contributed by atoms with van der Waals surface area (Å²) in [5, 5.41) is 11.2. The molecular formula is C15H13FN2O3. The molecule has 1 heterocycles. The maximum Gasteiger partial charge on any atom is 0.335 e. The van der Waals surface area contributed by atoms with Crippen LogP contribution in [0.15, 0.2) is 42.7 Å². The van der Waals surface area contributed by atoms with Crippen molar-refractivity contribution in [2.75, 3.05) is 5.32 Å². The van der Waals surface area contributed by atoms with Crippen molar-refractivity contribution in [1.29, 1.82) is 0 Å². The quantitative estimate of drug-likeness (QED) is 0.886. The second kappa shape index (κ2) is 6.60. The van der Waals surface area contributed by atoms with Gasteiger partial charge >= 0.3 is 5.97 Å². The first-order valence-corrected chi connectivity index (χ1v) is 6.28. The molecular weight excluding hydrogens is 275 g/mol. The molecule has 0 unspecified atom stereocenters. The van der Waals surface area contributed by atoms with Gasteiger partial charge in [0.2, 0.25) is 5.91 Å². The van der Waals surface area contributed by atoms with Gasteiger partial charge in [-0.3, -0.25) is 9.78 Å². The summed E-state index contributed by atoms with van der Waals surface area (Å²) in [5.41, 5.74) is 0.767. The van der Waals surface area contributed by atoms with Crippen molar-refractivity contribution >= 4 is 17.6 Å². The van der Waals surface area contributed by atoms with E-state index in [0.29, 0.717) is 6.42 Å². The summed E-state index contributed by atoms with van der Waals surface area (Å²) >= 11 is 0. The number of carboxylic acid groups (broad SMARTS) is 1. The molecule has 108 valence electrons. The van der Waals surface area contributed by atoms with Gasteiger partial charge in [-0.15, -0.1) is 0 Å². The molecule has 0 aliphatic heterocycles. The lowest BCUT2D eigenvalue weighted by molar-refractivity contribution is -0.116. The molecule has 0 fully saturated rings. The normalized spacial score (nSPS) is 10.1. The van der Waals surface area contributed by atoms with Crippen LogP contribution in [0.5, 0.6) is 0 Å². The number of amides is 1. The van der Waals surface area contributed by atoms with Crippen molar-refractivity contribution < 1.29 is 19.1 Å². The summed E-state index contributed by atoms with van der Waals surface area (Å²) in [6, 6.07) is 6.96. The minimum atomic E-state index is -1.22. The van der Waals surface area contributed by atoms with Crippen molar-refractivity contribution in [2.45, 2.75) is 12.8 Å². The summed E-state index contributed by atoms with van der Waals surface area (Å²) in [4.78, 5) is 26.3. The van der Waals surface area contributed by atoms with Gasteiger partial charge in [0.15, 0.2) is 0 Å². The third-order valence-corrected chi connectivity index (χ3v) is 2.88. The SMILES string of the molecule is O=C(CCc1ccncc1)Nc1ccc(C(=O)O)cc1F. The lowest BCUT2D eigenvalue weighted by atomic mass is 10.1. The molecule has 0 aliphatic carbocycles. The third kappa shape index (κ3) is 4.10. The van der Waals surface area contributed by atoms with Crippen molar-refractivity contribution in [1.82, 2.24) is 4.98 Å². The van der Waals surface area contributed by atoms with Crippen molar-refractivity contribution in [3.8, 4) is 0 Å². The van der Waals surface area contributed by atoms with Crippen LogP contribution in [-0.2, 0) is 11.2 Å². The van der Waals surface area contributed by atoms with Gasteiger partial charge in [0, 0.05) is 18.8 Å². The molecule has 0 bridgehead atoms. The highest BCUT2D eigenvalue weighted by Gasteiger charge is 2.10. The van der Waals surface area contributed by atoms with E-state index in [1.807, 2.05) is 0 Å². The molecule has 0 spiro atoms. The fourth-order valence-corrected chi connectivity index (χ4v) is 1.77. The van der Waals surface area contributed by atoms with E-state index >= 15 is 0 Å². The van der Waals surface area contributed by atoms with E-state index in [9.17, 15) is 14.0 Å². The number of rotatable bonds is 5. The van der Waals surface area contributed by atoms with Crippen LogP contribution in [0.2, 0.25) is 0 Å². The number of nitrogens with one attached hydrogen (secondary N) is 1. The zero-order chi connectivity index (χ0) is 15.2. The van der Waals surface area contributed by atoms with Crippen molar-refractivity contribution in [2.24, 2.45) is 0 Å². The van der Waals surface area contributed by atoms with E-state index in [1.54, 1.807) is 24.5 Å². The van der Waals surface area contributed by atoms with E-state index < -0.39 is 11.8 Å². The van der Waals surface area contributed by atoms with E-state index in [2.05, 4.69) is 10.3 Å². The number of carboxylic acids is 1. The fraction of sp³-hybridized carbons (Fsp3) is 0.133. The summed E-state index contributed by atoms with van der Waals surface area (Å²) in [6.07, 6.45) is 3.99. The number of pyridine rings is 1. The number of nitrogens with zero attached hydrogens (tertiary/aromatic N) is 1. The van der Waals surface area contributed by atoms with Crippen molar-refractivity contribution in [3.05, 3.63) is 59.7 Å². The van der Waals surface area contributed by atoms with Crippen LogP contribution in [0.4, 0.5) is 10.1 Å². The van der Waals surface area contributed by atoms with Crippen LogP contribution in [0.25, 0.3) is 0 Å². The van der Waals surface area contributed by atoms with Crippen LogP contribution in [0.3, 0.4) is 0 Å². The molecule has 5 nitrogen and oxygen atoms in total. The van der Waals surface area contributed by atoms with Crippen LogP contribution >= 0.6 is 0 Å². The number of hydrogen-bond acceptors (Lipinski definition) is 3. The van der Waals surface area contributed by atoms with Crippen LogP contribution in [0.1, 0.15) is 22.3 Å². The predicted molar refractivity (Wildman–Crippen MR) is 74.5 cm³/mol. The highest BCUT2D eigenvalue weighted by atomic mass is 19.1. The standard InChI is InChI=1S/C15H13FN2O3/c16-12-9-11(15(20)21)2-3-13(12)18-14(19)4-1-10-5-7-17-8-6-10/h2-3,5-9H,1,4H2,(H,18,19)(H,20,21). The minimum absolute atomic E-state index is 0.0280. The molecule has 0 saturated heterocycles. The van der Waals surface area contributed by atoms with Gasteiger partial charge in [-0.1, -0.05) is 0 Å². The molecule has 2 N–H and O–H groups in total. The zero-order valence-electron chi connectivity index (χ0n) is 11.0. The highest BCUT2D eigenvalue weighted by molar-refractivity contribution is 5.92. The van der Waals surface area contributed by atoms with Gasteiger partial charge in [0.1, 0.15) is 5.82 Å². The Labute approximate surface area is 120 Å². The zero-order valence-corrected chi connectivity index (χ0v) is 11.0. The van der Waals surface area contributed by atoms with E-state index in [1.165, 1.54) is 12.1 Å². The smallest absolute Gasteiger partial charge is 0.335 e. The number of benzene rings is 1. The number of aromatic carboxylic acids is 1. The lowest BCUT2D eigenvalue weighted by Gasteiger charge is -2.07.